The van der Waals surface area contributed by atoms with E-state index >= 15 is 0 Å². The molecule has 0 aromatic heterocycles. The highest BCUT2D eigenvalue weighted by molar-refractivity contribution is 5.89. The van der Waals surface area contributed by atoms with Gasteiger partial charge in [0.15, 0.2) is 0 Å². The molecule has 2 aliphatic rings. The normalized spacial score (nSPS) is 15.9. The molecule has 2 N–H and O–H groups in total. The van der Waals surface area contributed by atoms with Crippen molar-refractivity contribution in [1.82, 2.24) is 10.2 Å². The number of carboxylic acids is 1. The van der Waals surface area contributed by atoms with Gasteiger partial charge in [-0.1, -0.05) is 61.5 Å². The van der Waals surface area contributed by atoms with Crippen molar-refractivity contribution in [3.8, 4) is 11.1 Å². The Hall–Kier alpha value is -3.61. The molecule has 0 saturated carbocycles. The van der Waals surface area contributed by atoms with Gasteiger partial charge in [-0.25, -0.2) is 9.59 Å². The molecule has 0 fully saturated rings. The lowest BCUT2D eigenvalue weighted by Crippen LogP contribution is -2.49. The van der Waals surface area contributed by atoms with Crippen LogP contribution in [0.2, 0.25) is 0 Å². The third-order valence-electron chi connectivity index (χ3n) is 6.14. The van der Waals surface area contributed by atoms with Crippen LogP contribution in [0, 0.1) is 0 Å². The van der Waals surface area contributed by atoms with Crippen LogP contribution in [0.5, 0.6) is 0 Å². The van der Waals surface area contributed by atoms with Crippen molar-refractivity contribution in [2.45, 2.75) is 31.7 Å². The Labute approximate surface area is 186 Å². The van der Waals surface area contributed by atoms with Crippen molar-refractivity contribution in [2.24, 2.45) is 0 Å². The van der Waals surface area contributed by atoms with Crippen molar-refractivity contribution in [2.75, 3.05) is 19.7 Å². The average Bonchev–Trinajstić information content (AvgIpc) is 3.14. The van der Waals surface area contributed by atoms with E-state index in [1.54, 1.807) is 11.0 Å². The number of nitrogens with one attached hydrogen (secondary N) is 1. The number of ether oxygens (including phenoxy) is 1. The second-order valence-corrected chi connectivity index (χ2v) is 8.00. The first kappa shape index (κ1) is 21.6. The van der Waals surface area contributed by atoms with Crippen LogP contribution in [0.15, 0.2) is 60.2 Å². The highest BCUT2D eigenvalue weighted by Gasteiger charge is 2.30. The summed E-state index contributed by atoms with van der Waals surface area (Å²) in [5.74, 6) is -1.24. The van der Waals surface area contributed by atoms with Crippen LogP contribution in [0.1, 0.15) is 36.8 Å². The first-order valence-electron chi connectivity index (χ1n) is 10.8. The van der Waals surface area contributed by atoms with Crippen LogP contribution >= 0.6 is 0 Å². The van der Waals surface area contributed by atoms with Crippen molar-refractivity contribution in [3.63, 3.8) is 0 Å². The van der Waals surface area contributed by atoms with Gasteiger partial charge in [-0.3, -0.25) is 4.79 Å². The number of rotatable bonds is 6. The molecule has 1 heterocycles. The van der Waals surface area contributed by atoms with Gasteiger partial charge in [0.2, 0.25) is 5.91 Å². The van der Waals surface area contributed by atoms with Crippen LogP contribution in [0.25, 0.3) is 11.1 Å². The lowest BCUT2D eigenvalue weighted by Gasteiger charge is -2.29. The fourth-order valence-electron chi connectivity index (χ4n) is 4.40. The van der Waals surface area contributed by atoms with E-state index in [-0.39, 0.29) is 25.0 Å². The van der Waals surface area contributed by atoms with Gasteiger partial charge in [-0.2, -0.15) is 0 Å². The molecule has 0 bridgehead atoms. The maximum atomic E-state index is 12.8. The van der Waals surface area contributed by atoms with Gasteiger partial charge in [0.05, 0.1) is 0 Å². The Morgan fingerprint density at radius 3 is 2.25 bits per heavy atom. The number of amides is 2. The van der Waals surface area contributed by atoms with Crippen LogP contribution < -0.4 is 5.32 Å². The molecular weight excluding hydrogens is 408 g/mol. The Kier molecular flexibility index (Phi) is 6.25. The van der Waals surface area contributed by atoms with Crippen LogP contribution in [0.4, 0.5) is 4.79 Å². The van der Waals surface area contributed by atoms with Gasteiger partial charge in [0.25, 0.3) is 0 Å². The van der Waals surface area contributed by atoms with Gasteiger partial charge < -0.3 is 20.1 Å². The Morgan fingerprint density at radius 2 is 1.72 bits per heavy atom. The molecule has 7 nitrogen and oxygen atoms in total. The first-order chi connectivity index (χ1) is 15.5. The minimum atomic E-state index is -0.957. The number of carboxylic acid groups (broad SMARTS) is 1. The summed E-state index contributed by atoms with van der Waals surface area (Å²) in [5.41, 5.74) is 4.86. The zero-order chi connectivity index (χ0) is 22.7. The average molecular weight is 434 g/mol. The zero-order valence-corrected chi connectivity index (χ0v) is 17.9. The second kappa shape index (κ2) is 9.26. The fraction of sp³-hybridized carbons (Fsp3) is 0.320. The van der Waals surface area contributed by atoms with Gasteiger partial charge in [0.1, 0.15) is 12.6 Å². The molecule has 32 heavy (non-hydrogen) atoms. The van der Waals surface area contributed by atoms with Gasteiger partial charge in [-0.15, -0.1) is 0 Å². The monoisotopic (exact) mass is 434 g/mol. The quantitative estimate of drug-likeness (QED) is 0.725. The molecule has 2 amide bonds. The molecule has 1 atom stereocenters. The minimum absolute atomic E-state index is 0.0504. The predicted molar refractivity (Wildman–Crippen MR) is 119 cm³/mol. The maximum absolute atomic E-state index is 12.8. The van der Waals surface area contributed by atoms with Crippen molar-refractivity contribution >= 4 is 18.0 Å². The summed E-state index contributed by atoms with van der Waals surface area (Å²) < 4.78 is 5.55. The largest absolute Gasteiger partial charge is 0.478 e. The molecule has 1 aliphatic heterocycles. The highest BCUT2D eigenvalue weighted by atomic mass is 16.5. The molecular formula is C25H26N2O5. The van der Waals surface area contributed by atoms with E-state index in [4.69, 9.17) is 9.84 Å². The SMILES string of the molecule is CCC(NC(=O)OCC1c2ccccc2-c2ccccc21)C(=O)N1CC=C(C(=O)O)CC1. The van der Waals surface area contributed by atoms with Crippen LogP contribution in [-0.4, -0.2) is 53.7 Å². The molecule has 0 radical (unpaired) electrons. The number of alkyl carbamates (subject to hydrolysis) is 1. The predicted octanol–water partition coefficient (Wildman–Crippen LogP) is 3.55. The van der Waals surface area contributed by atoms with Crippen molar-refractivity contribution < 1.29 is 24.2 Å². The third-order valence-corrected chi connectivity index (χ3v) is 6.14. The number of carbonyl (C=O) groups is 3. The van der Waals surface area contributed by atoms with Crippen molar-refractivity contribution in [3.05, 3.63) is 71.3 Å². The molecule has 1 unspecified atom stereocenters. The standard InChI is InChI=1S/C25H26N2O5/c1-2-22(23(28)27-13-11-16(12-14-27)24(29)30)26-25(31)32-15-21-19-9-5-3-7-17(19)18-8-4-6-10-20(18)21/h3-11,21-22H,2,12-15H2,1H3,(H,26,31)(H,29,30). The minimum Gasteiger partial charge on any atom is -0.478 e. The van der Waals surface area contributed by atoms with E-state index in [1.807, 2.05) is 31.2 Å². The third kappa shape index (κ3) is 4.23. The summed E-state index contributed by atoms with van der Waals surface area (Å²) >= 11 is 0. The smallest absolute Gasteiger partial charge is 0.407 e. The number of aliphatic carboxylic acids is 1. The molecule has 1 aliphatic carbocycles. The number of fused-ring (bicyclic) bond motifs is 3. The molecule has 7 heteroatoms. The zero-order valence-electron chi connectivity index (χ0n) is 17.9. The number of nitrogens with zero attached hydrogens (tertiary/aromatic N) is 1. The Balaban J connectivity index is 1.37. The van der Waals surface area contributed by atoms with Gasteiger partial charge >= 0.3 is 12.1 Å². The summed E-state index contributed by atoms with van der Waals surface area (Å²) in [6.45, 7) is 2.54. The fourth-order valence-corrected chi connectivity index (χ4v) is 4.40. The van der Waals surface area contributed by atoms with E-state index in [1.165, 1.54) is 0 Å². The second-order valence-electron chi connectivity index (χ2n) is 8.00. The summed E-state index contributed by atoms with van der Waals surface area (Å²) in [4.78, 5) is 38.0. The summed E-state index contributed by atoms with van der Waals surface area (Å²) in [6.07, 6.45) is 1.62. The lowest BCUT2D eigenvalue weighted by molar-refractivity contribution is -0.135. The van der Waals surface area contributed by atoms with E-state index in [0.717, 1.165) is 22.3 Å². The van der Waals surface area contributed by atoms with E-state index in [2.05, 4.69) is 29.6 Å². The summed E-state index contributed by atoms with van der Waals surface area (Å²) in [6, 6.07) is 15.5. The molecule has 2 aromatic rings. The highest BCUT2D eigenvalue weighted by Crippen LogP contribution is 2.44. The molecule has 0 saturated heterocycles. The number of hydrogen-bond donors (Lipinski definition) is 2. The van der Waals surface area contributed by atoms with E-state index in [0.29, 0.717) is 25.0 Å². The Morgan fingerprint density at radius 1 is 1.09 bits per heavy atom. The topological polar surface area (TPSA) is 95.9 Å². The van der Waals surface area contributed by atoms with E-state index < -0.39 is 18.1 Å². The van der Waals surface area contributed by atoms with Crippen LogP contribution in [-0.2, 0) is 14.3 Å². The molecule has 0 spiro atoms. The van der Waals surface area contributed by atoms with Crippen LogP contribution in [0.3, 0.4) is 0 Å². The van der Waals surface area contributed by atoms with E-state index in [9.17, 15) is 14.4 Å². The molecule has 166 valence electrons. The molecule has 2 aromatic carbocycles. The summed E-state index contributed by atoms with van der Waals surface area (Å²) in [5, 5.41) is 11.7. The molecule has 4 rings (SSSR count). The lowest BCUT2D eigenvalue weighted by atomic mass is 9.98. The van der Waals surface area contributed by atoms with Crippen molar-refractivity contribution in [1.29, 1.82) is 0 Å². The number of benzene rings is 2. The first-order valence-corrected chi connectivity index (χ1v) is 10.8. The number of carbonyl (C=O) groups excluding carboxylic acids is 2. The summed E-state index contributed by atoms with van der Waals surface area (Å²) in [7, 11) is 0. The van der Waals surface area contributed by atoms with Gasteiger partial charge in [-0.05, 0) is 35.1 Å². The number of hydrogen-bond acceptors (Lipinski definition) is 4. The van der Waals surface area contributed by atoms with Gasteiger partial charge in [0, 0.05) is 24.6 Å². The Bertz CT molecular complexity index is 1030. The maximum Gasteiger partial charge on any atom is 0.407 e.